The van der Waals surface area contributed by atoms with E-state index >= 15 is 0 Å². The van der Waals surface area contributed by atoms with E-state index in [1.165, 1.54) is 23.0 Å². The van der Waals surface area contributed by atoms with Gasteiger partial charge < -0.3 is 4.57 Å². The van der Waals surface area contributed by atoms with Gasteiger partial charge in [0.05, 0.1) is 42.2 Å². The van der Waals surface area contributed by atoms with Gasteiger partial charge in [0.25, 0.3) is 0 Å². The first-order valence-electron chi connectivity index (χ1n) is 9.58. The smallest absolute Gasteiger partial charge is 0.342 e. The van der Waals surface area contributed by atoms with E-state index in [4.69, 9.17) is 11.6 Å². The van der Waals surface area contributed by atoms with Gasteiger partial charge >= 0.3 is 11.9 Å². The number of nitrogens with zero attached hydrogens (tertiary/aromatic N) is 5. The molecule has 4 rings (SSSR count). The fourth-order valence-corrected chi connectivity index (χ4v) is 3.93. The Morgan fingerprint density at radius 1 is 1.00 bits per heavy atom. The number of imidazole rings is 1. The van der Waals surface area contributed by atoms with E-state index in [9.17, 15) is 22.4 Å². The minimum Gasteiger partial charge on any atom is -0.342 e. The third-order valence-electron chi connectivity index (χ3n) is 5.08. The zero-order valence-corrected chi connectivity index (χ0v) is 17.0. The van der Waals surface area contributed by atoms with Gasteiger partial charge in [-0.05, 0) is 31.0 Å². The van der Waals surface area contributed by atoms with Crippen LogP contribution in [0, 0.1) is 0 Å². The summed E-state index contributed by atoms with van der Waals surface area (Å²) in [7, 11) is 0. The third-order valence-corrected chi connectivity index (χ3v) is 5.29. The fraction of sp³-hybridized carbons (Fsp3) is 0.350. The maximum Gasteiger partial charge on any atom is 0.406 e. The van der Waals surface area contributed by atoms with Crippen LogP contribution in [0.1, 0.15) is 18.5 Å². The van der Waals surface area contributed by atoms with Crippen LogP contribution in [0.5, 0.6) is 0 Å². The predicted octanol–water partition coefficient (Wildman–Crippen LogP) is 4.56. The number of pyridine rings is 2. The summed E-state index contributed by atoms with van der Waals surface area (Å²) in [5.74, 6) is 0. The van der Waals surface area contributed by atoms with E-state index in [1.807, 2.05) is 10.6 Å². The van der Waals surface area contributed by atoms with E-state index in [1.54, 1.807) is 12.3 Å². The number of alkyl halides is 4. The number of aryl methyl sites for hydroxylation is 1. The Kier molecular flexibility index (Phi) is 5.74. The van der Waals surface area contributed by atoms with Gasteiger partial charge in [-0.1, -0.05) is 11.6 Å². The van der Waals surface area contributed by atoms with Crippen molar-refractivity contribution in [2.45, 2.75) is 38.7 Å². The Morgan fingerprint density at radius 3 is 2.55 bits per heavy atom. The van der Waals surface area contributed by atoms with Crippen molar-refractivity contribution in [3.8, 4) is 0 Å². The van der Waals surface area contributed by atoms with Crippen LogP contribution in [0.4, 0.5) is 17.6 Å². The summed E-state index contributed by atoms with van der Waals surface area (Å²) in [5, 5.41) is 1.07. The quantitative estimate of drug-likeness (QED) is 0.233. The molecule has 0 aromatic carbocycles. The zero-order chi connectivity index (χ0) is 22.2. The molecule has 31 heavy (non-hydrogen) atoms. The van der Waals surface area contributed by atoms with Crippen LogP contribution in [-0.2, 0) is 19.6 Å². The highest BCUT2D eigenvalue weighted by atomic mass is 35.5. The average Bonchev–Trinajstić information content (AvgIpc) is 3.17. The van der Waals surface area contributed by atoms with E-state index in [0.717, 1.165) is 10.9 Å². The highest BCUT2D eigenvalue weighted by Gasteiger charge is 2.31. The van der Waals surface area contributed by atoms with Crippen molar-refractivity contribution in [3.05, 3.63) is 58.1 Å². The molecule has 0 unspecified atom stereocenters. The van der Waals surface area contributed by atoms with Gasteiger partial charge in [-0.15, -0.1) is 0 Å². The number of aromatic nitrogens is 5. The Balaban J connectivity index is 1.83. The number of hydrogen-bond acceptors (Lipinski definition) is 3. The molecule has 4 aromatic rings. The molecule has 0 bridgehead atoms. The van der Waals surface area contributed by atoms with Crippen molar-refractivity contribution in [3.63, 3.8) is 0 Å². The van der Waals surface area contributed by atoms with Gasteiger partial charge in [0.1, 0.15) is 11.7 Å². The number of hydrogen-bond donors (Lipinski definition) is 0. The van der Waals surface area contributed by atoms with Crippen molar-refractivity contribution < 1.29 is 17.6 Å². The molecule has 0 fully saturated rings. The van der Waals surface area contributed by atoms with Gasteiger partial charge in [-0.3, -0.25) is 18.5 Å². The molecule has 0 atom stereocenters. The molecule has 0 amide bonds. The molecule has 0 aliphatic rings. The zero-order valence-electron chi connectivity index (χ0n) is 16.2. The van der Waals surface area contributed by atoms with Crippen LogP contribution in [0.2, 0.25) is 5.15 Å². The second kappa shape index (κ2) is 8.33. The normalized spacial score (nSPS) is 12.3. The molecule has 0 N–H and O–H groups in total. The molecular weight excluding hydrogens is 438 g/mol. The first-order chi connectivity index (χ1) is 14.8. The molecule has 4 heterocycles. The van der Waals surface area contributed by atoms with Gasteiger partial charge in [0.15, 0.2) is 0 Å². The highest BCUT2D eigenvalue weighted by Crippen LogP contribution is 2.25. The van der Waals surface area contributed by atoms with Crippen LogP contribution < -0.4 is 5.69 Å². The van der Waals surface area contributed by atoms with Crippen LogP contribution >= 0.6 is 11.6 Å². The van der Waals surface area contributed by atoms with Crippen molar-refractivity contribution in [2.24, 2.45) is 0 Å². The number of unbranched alkanes of at least 4 members (excludes halogenated alkanes) is 1. The average molecular weight is 456 g/mol. The lowest BCUT2D eigenvalue weighted by Gasteiger charge is -2.11. The largest absolute Gasteiger partial charge is 0.406 e. The lowest BCUT2D eigenvalue weighted by atomic mass is 10.3. The second-order valence-electron chi connectivity index (χ2n) is 7.18. The minimum atomic E-state index is -4.55. The molecule has 164 valence electrons. The van der Waals surface area contributed by atoms with Crippen molar-refractivity contribution in [2.75, 3.05) is 6.67 Å². The lowest BCUT2D eigenvalue weighted by Crippen LogP contribution is -2.30. The maximum absolute atomic E-state index is 13.1. The summed E-state index contributed by atoms with van der Waals surface area (Å²) in [4.78, 5) is 21.0. The summed E-state index contributed by atoms with van der Waals surface area (Å²) < 4.78 is 55.7. The van der Waals surface area contributed by atoms with Crippen molar-refractivity contribution in [1.82, 2.24) is 23.7 Å². The molecule has 0 spiro atoms. The molecule has 4 aromatic heterocycles. The lowest BCUT2D eigenvalue weighted by molar-refractivity contribution is -0.140. The molecular formula is C20H18ClF4N5O. The fourth-order valence-electron chi connectivity index (χ4n) is 3.76. The highest BCUT2D eigenvalue weighted by molar-refractivity contribution is 6.30. The first-order valence-corrected chi connectivity index (χ1v) is 9.95. The molecule has 0 aliphatic carbocycles. The maximum atomic E-state index is 13.1. The van der Waals surface area contributed by atoms with Crippen LogP contribution in [0.3, 0.4) is 0 Å². The number of fused-ring (bicyclic) bond motifs is 2. The van der Waals surface area contributed by atoms with Gasteiger partial charge in [0.2, 0.25) is 0 Å². The topological polar surface area (TPSA) is 57.6 Å². The molecule has 0 radical (unpaired) electrons. The summed E-state index contributed by atoms with van der Waals surface area (Å²) in [6, 6.07) is 4.87. The third kappa shape index (κ3) is 4.30. The van der Waals surface area contributed by atoms with Gasteiger partial charge in [-0.2, -0.15) is 13.2 Å². The van der Waals surface area contributed by atoms with Gasteiger partial charge in [0, 0.05) is 23.8 Å². The predicted molar refractivity (Wildman–Crippen MR) is 109 cm³/mol. The van der Waals surface area contributed by atoms with E-state index in [0.29, 0.717) is 40.3 Å². The van der Waals surface area contributed by atoms with E-state index < -0.39 is 25.1 Å². The Labute approximate surface area is 178 Å². The molecule has 11 heteroatoms. The van der Waals surface area contributed by atoms with Gasteiger partial charge in [-0.25, -0.2) is 9.78 Å². The summed E-state index contributed by atoms with van der Waals surface area (Å²) in [6.45, 7) is -1.35. The van der Waals surface area contributed by atoms with E-state index in [2.05, 4.69) is 9.97 Å². The second-order valence-corrected chi connectivity index (χ2v) is 7.57. The summed E-state index contributed by atoms with van der Waals surface area (Å²) >= 11 is 5.99. The Hall–Kier alpha value is -2.88. The number of halogens is 5. The van der Waals surface area contributed by atoms with Crippen molar-refractivity contribution in [1.29, 1.82) is 0 Å². The first kappa shape index (κ1) is 21.4. The molecule has 6 nitrogen and oxygen atoms in total. The Morgan fingerprint density at radius 2 is 1.81 bits per heavy atom. The monoisotopic (exact) mass is 455 g/mol. The molecule has 0 saturated carbocycles. The van der Waals surface area contributed by atoms with E-state index in [-0.39, 0.29) is 12.1 Å². The Bertz CT molecular complexity index is 1290. The van der Waals surface area contributed by atoms with Crippen LogP contribution in [0.15, 0.2) is 41.6 Å². The molecule has 0 saturated heterocycles. The van der Waals surface area contributed by atoms with Crippen LogP contribution in [0.25, 0.3) is 21.9 Å². The summed E-state index contributed by atoms with van der Waals surface area (Å²) in [5.41, 5.74) is 1.10. The SMILES string of the molecule is O=c1n(Cc2cc3cc(Cl)ncc3n2CCCCF)c2cnccc2n1CC(F)(F)F. The molecule has 0 aliphatic heterocycles. The van der Waals surface area contributed by atoms with Crippen LogP contribution in [-0.4, -0.2) is 36.5 Å². The standard InChI is InChI=1S/C20H18ClF4N5O/c21-18-8-13-7-14(28(6-2-1-4-22)16(13)10-27-18)11-29-17-9-26-5-3-15(17)30(19(29)31)12-20(23,24)25/h3,5,7-10H,1-2,4,6,11-12H2. The minimum absolute atomic E-state index is 0.0216. The van der Waals surface area contributed by atoms with Crippen molar-refractivity contribution >= 4 is 33.5 Å². The summed E-state index contributed by atoms with van der Waals surface area (Å²) in [6.07, 6.45) is 0.694. The number of rotatable bonds is 7.